The van der Waals surface area contributed by atoms with Crippen LogP contribution in [0.5, 0.6) is 0 Å². The van der Waals surface area contributed by atoms with Gasteiger partial charge in [0, 0.05) is 17.6 Å². The summed E-state index contributed by atoms with van der Waals surface area (Å²) in [5.74, 6) is 0.519. The second-order valence-corrected chi connectivity index (χ2v) is 8.03. The first-order valence-electron chi connectivity index (χ1n) is 6.40. The summed E-state index contributed by atoms with van der Waals surface area (Å²) in [5, 5.41) is 0.515. The zero-order chi connectivity index (χ0) is 14.0. The van der Waals surface area contributed by atoms with Gasteiger partial charge < -0.3 is 0 Å². The van der Waals surface area contributed by atoms with Gasteiger partial charge in [-0.1, -0.05) is 24.9 Å². The van der Waals surface area contributed by atoms with E-state index in [1.54, 1.807) is 22.5 Å². The quantitative estimate of drug-likeness (QED) is 0.792. The lowest BCUT2D eigenvalue weighted by Crippen LogP contribution is -2.37. The van der Waals surface area contributed by atoms with Crippen molar-refractivity contribution in [3.8, 4) is 0 Å². The van der Waals surface area contributed by atoms with Crippen LogP contribution in [-0.2, 0) is 10.0 Å². The van der Waals surface area contributed by atoms with Crippen LogP contribution in [-0.4, -0.2) is 25.8 Å². The molecule has 106 valence electrons. The molecule has 1 aromatic rings. The summed E-state index contributed by atoms with van der Waals surface area (Å²) >= 11 is 9.18. The van der Waals surface area contributed by atoms with E-state index in [-0.39, 0.29) is 0 Å². The lowest BCUT2D eigenvalue weighted by atomic mass is 9.85. The van der Waals surface area contributed by atoms with E-state index in [9.17, 15) is 8.42 Å². The van der Waals surface area contributed by atoms with Crippen molar-refractivity contribution in [3.05, 3.63) is 27.7 Å². The molecule has 0 unspecified atom stereocenters. The Bertz CT molecular complexity index is 558. The van der Waals surface area contributed by atoms with Crippen LogP contribution in [0.25, 0.3) is 0 Å². The van der Waals surface area contributed by atoms with Gasteiger partial charge in [0.1, 0.15) is 0 Å². The van der Waals surface area contributed by atoms with Crippen LogP contribution >= 0.6 is 27.5 Å². The van der Waals surface area contributed by atoms with Gasteiger partial charge >= 0.3 is 0 Å². The molecule has 1 aromatic carbocycles. The predicted molar refractivity (Wildman–Crippen MR) is 80.9 cm³/mol. The summed E-state index contributed by atoms with van der Waals surface area (Å²) in [4.78, 5) is 0.296. The predicted octanol–water partition coefficient (Wildman–Crippen LogP) is 3.91. The van der Waals surface area contributed by atoms with Crippen LogP contribution < -0.4 is 0 Å². The molecule has 2 rings (SSSR count). The maximum Gasteiger partial charge on any atom is 0.243 e. The number of benzene rings is 1. The van der Waals surface area contributed by atoms with Crippen molar-refractivity contribution in [1.29, 1.82) is 0 Å². The third-order valence-electron chi connectivity index (χ3n) is 3.57. The van der Waals surface area contributed by atoms with Gasteiger partial charge in [0.25, 0.3) is 0 Å². The van der Waals surface area contributed by atoms with Crippen molar-refractivity contribution in [3.63, 3.8) is 0 Å². The Morgan fingerprint density at radius 1 is 1.42 bits per heavy atom. The van der Waals surface area contributed by atoms with Gasteiger partial charge in [0.15, 0.2) is 0 Å². The van der Waals surface area contributed by atoms with Gasteiger partial charge in [-0.2, -0.15) is 4.31 Å². The molecule has 0 radical (unpaired) electrons. The molecule has 1 aliphatic carbocycles. The van der Waals surface area contributed by atoms with Crippen molar-refractivity contribution in [2.45, 2.75) is 31.1 Å². The highest BCUT2D eigenvalue weighted by Gasteiger charge is 2.28. The van der Waals surface area contributed by atoms with E-state index in [0.29, 0.717) is 33.4 Å². The van der Waals surface area contributed by atoms with Crippen LogP contribution in [0, 0.1) is 5.92 Å². The standard InChI is InChI=1S/C13H17BrClNO2S/c1-2-16(9-10-4-3-5-10)19(17,18)11-6-7-13(15)12(14)8-11/h6-8,10H,2-5,9H2,1H3. The highest BCUT2D eigenvalue weighted by molar-refractivity contribution is 9.10. The zero-order valence-electron chi connectivity index (χ0n) is 10.8. The number of hydrogen-bond donors (Lipinski definition) is 0. The van der Waals surface area contributed by atoms with Gasteiger partial charge in [-0.15, -0.1) is 0 Å². The molecule has 0 aromatic heterocycles. The first kappa shape index (κ1) is 15.3. The Morgan fingerprint density at radius 3 is 2.58 bits per heavy atom. The second kappa shape index (κ2) is 6.12. The summed E-state index contributed by atoms with van der Waals surface area (Å²) in [6.07, 6.45) is 3.49. The summed E-state index contributed by atoms with van der Waals surface area (Å²) in [6.45, 7) is 3.00. The molecule has 0 atom stereocenters. The van der Waals surface area contributed by atoms with E-state index >= 15 is 0 Å². The SMILES string of the molecule is CCN(CC1CCC1)S(=O)(=O)c1ccc(Cl)c(Br)c1. The van der Waals surface area contributed by atoms with Crippen molar-refractivity contribution in [2.24, 2.45) is 5.92 Å². The third-order valence-corrected chi connectivity index (χ3v) is 6.72. The average Bonchev–Trinajstić information content (AvgIpc) is 2.31. The maximum absolute atomic E-state index is 12.6. The largest absolute Gasteiger partial charge is 0.243 e. The van der Waals surface area contributed by atoms with Gasteiger partial charge in [-0.25, -0.2) is 8.42 Å². The topological polar surface area (TPSA) is 37.4 Å². The number of nitrogens with zero attached hydrogens (tertiary/aromatic N) is 1. The Hall–Kier alpha value is -0.100. The molecular weight excluding hydrogens is 350 g/mol. The highest BCUT2D eigenvalue weighted by atomic mass is 79.9. The minimum Gasteiger partial charge on any atom is -0.207 e. The van der Waals surface area contributed by atoms with Crippen molar-refractivity contribution in [2.75, 3.05) is 13.1 Å². The molecule has 1 saturated carbocycles. The van der Waals surface area contributed by atoms with E-state index in [0.717, 1.165) is 12.8 Å². The summed E-state index contributed by atoms with van der Waals surface area (Å²) < 4.78 is 27.3. The molecular formula is C13H17BrClNO2S. The van der Waals surface area contributed by atoms with Gasteiger partial charge in [-0.05, 0) is 52.9 Å². The van der Waals surface area contributed by atoms with Crippen LogP contribution in [0.1, 0.15) is 26.2 Å². The number of sulfonamides is 1. The molecule has 0 heterocycles. The molecule has 0 aliphatic heterocycles. The van der Waals surface area contributed by atoms with Gasteiger partial charge in [0.2, 0.25) is 10.0 Å². The van der Waals surface area contributed by atoms with Gasteiger partial charge in [0.05, 0.1) is 9.92 Å². The van der Waals surface area contributed by atoms with Crippen molar-refractivity contribution >= 4 is 37.6 Å². The van der Waals surface area contributed by atoms with Crippen LogP contribution in [0.4, 0.5) is 0 Å². The monoisotopic (exact) mass is 365 g/mol. The zero-order valence-corrected chi connectivity index (χ0v) is 13.9. The second-order valence-electron chi connectivity index (χ2n) is 4.83. The fraction of sp³-hybridized carbons (Fsp3) is 0.538. The normalized spacial score (nSPS) is 16.6. The van der Waals surface area contributed by atoms with Crippen molar-refractivity contribution < 1.29 is 8.42 Å². The van der Waals surface area contributed by atoms with E-state index in [1.807, 2.05) is 6.92 Å². The lowest BCUT2D eigenvalue weighted by molar-refractivity contribution is 0.250. The molecule has 3 nitrogen and oxygen atoms in total. The summed E-state index contributed by atoms with van der Waals surface area (Å²) in [5.41, 5.74) is 0. The van der Waals surface area contributed by atoms with E-state index in [4.69, 9.17) is 11.6 Å². The van der Waals surface area contributed by atoms with Crippen LogP contribution in [0.15, 0.2) is 27.6 Å². The smallest absolute Gasteiger partial charge is 0.207 e. The summed E-state index contributed by atoms with van der Waals surface area (Å²) in [7, 11) is -3.42. The molecule has 0 N–H and O–H groups in total. The number of halogens is 2. The minimum atomic E-state index is -3.42. The maximum atomic E-state index is 12.6. The highest BCUT2D eigenvalue weighted by Crippen LogP contribution is 2.30. The number of rotatable bonds is 5. The first-order valence-corrected chi connectivity index (χ1v) is 9.01. The summed E-state index contributed by atoms with van der Waals surface area (Å²) in [6, 6.07) is 4.74. The molecule has 0 bridgehead atoms. The van der Waals surface area contributed by atoms with Gasteiger partial charge in [-0.3, -0.25) is 0 Å². The number of hydrogen-bond acceptors (Lipinski definition) is 2. The molecule has 1 aliphatic rings. The molecule has 19 heavy (non-hydrogen) atoms. The Kier molecular flexibility index (Phi) is 4.93. The average molecular weight is 367 g/mol. The van der Waals surface area contributed by atoms with Crippen LogP contribution in [0.3, 0.4) is 0 Å². The Morgan fingerprint density at radius 2 is 2.11 bits per heavy atom. The minimum absolute atomic E-state index is 0.296. The molecule has 0 amide bonds. The van der Waals surface area contributed by atoms with E-state index in [1.165, 1.54) is 6.42 Å². The Labute approximate surface area is 128 Å². The fourth-order valence-electron chi connectivity index (χ4n) is 2.15. The van der Waals surface area contributed by atoms with E-state index in [2.05, 4.69) is 15.9 Å². The molecule has 0 saturated heterocycles. The van der Waals surface area contributed by atoms with Crippen molar-refractivity contribution in [1.82, 2.24) is 4.31 Å². The molecule has 6 heteroatoms. The molecule has 0 spiro atoms. The first-order chi connectivity index (χ1) is 8.95. The molecule has 1 fully saturated rings. The van der Waals surface area contributed by atoms with Crippen LogP contribution in [0.2, 0.25) is 5.02 Å². The lowest BCUT2D eigenvalue weighted by Gasteiger charge is -2.31. The van der Waals surface area contributed by atoms with E-state index < -0.39 is 10.0 Å². The Balaban J connectivity index is 2.25. The fourth-order valence-corrected chi connectivity index (χ4v) is 4.35. The third kappa shape index (κ3) is 3.32.